The lowest BCUT2D eigenvalue weighted by atomic mass is 10.0. The Labute approximate surface area is 166 Å². The Morgan fingerprint density at radius 3 is 2.64 bits per heavy atom. The third-order valence-corrected chi connectivity index (χ3v) is 6.34. The van der Waals surface area contributed by atoms with Crippen molar-refractivity contribution in [3.05, 3.63) is 24.3 Å². The van der Waals surface area contributed by atoms with Gasteiger partial charge in [0, 0.05) is 19.5 Å². The van der Waals surface area contributed by atoms with Gasteiger partial charge in [-0.25, -0.2) is 4.79 Å². The van der Waals surface area contributed by atoms with Gasteiger partial charge in [0.05, 0.1) is 45.5 Å². The summed E-state index contributed by atoms with van der Waals surface area (Å²) >= 11 is 0. The fraction of sp³-hybridized carbons (Fsp3) is 0.619. The highest BCUT2D eigenvalue weighted by molar-refractivity contribution is 6.04. The molecule has 3 saturated heterocycles. The third kappa shape index (κ3) is 3.68. The molecule has 3 amide bonds. The second-order valence-electron chi connectivity index (χ2n) is 7.99. The quantitative estimate of drug-likeness (QED) is 0.727. The van der Waals surface area contributed by atoms with E-state index in [0.29, 0.717) is 6.54 Å². The number of hydrogen-bond donors (Lipinski definition) is 1. The summed E-state index contributed by atoms with van der Waals surface area (Å²) in [6.07, 6.45) is 3.78. The Morgan fingerprint density at radius 1 is 1.11 bits per heavy atom. The van der Waals surface area contributed by atoms with Gasteiger partial charge in [0.1, 0.15) is 11.8 Å². The molecule has 0 saturated carbocycles. The summed E-state index contributed by atoms with van der Waals surface area (Å²) < 4.78 is 5.49. The zero-order valence-electron chi connectivity index (χ0n) is 16.7. The lowest BCUT2D eigenvalue weighted by molar-refractivity contribution is -0.900. The molecule has 3 heterocycles. The number of carbonyl (C=O) groups excluding carboxylic acids is 2. The van der Waals surface area contributed by atoms with Crippen molar-refractivity contribution in [3.8, 4) is 5.75 Å². The number of ether oxygens (including phenoxy) is 1. The summed E-state index contributed by atoms with van der Waals surface area (Å²) in [4.78, 5) is 32.2. The fourth-order valence-corrected chi connectivity index (χ4v) is 4.74. The van der Waals surface area contributed by atoms with Crippen molar-refractivity contribution in [1.82, 2.24) is 9.80 Å². The van der Waals surface area contributed by atoms with Crippen molar-refractivity contribution in [2.24, 2.45) is 0 Å². The summed E-state index contributed by atoms with van der Waals surface area (Å²) in [6, 6.07) is 7.92. The maximum atomic E-state index is 12.5. The van der Waals surface area contributed by atoms with E-state index in [0.717, 1.165) is 76.4 Å². The number of urea groups is 1. The molecule has 0 unspecified atom stereocenters. The largest absolute Gasteiger partial charge is 0.495 e. The highest BCUT2D eigenvalue weighted by atomic mass is 16.5. The predicted octanol–water partition coefficient (Wildman–Crippen LogP) is 0.607. The van der Waals surface area contributed by atoms with Gasteiger partial charge in [0.15, 0.2) is 0 Å². The molecular weight excluding hydrogens is 356 g/mol. The number of para-hydroxylation sites is 2. The number of imide groups is 1. The van der Waals surface area contributed by atoms with E-state index in [1.54, 1.807) is 16.9 Å². The molecule has 1 N–H and O–H groups in total. The van der Waals surface area contributed by atoms with Crippen LogP contribution < -0.4 is 14.5 Å². The van der Waals surface area contributed by atoms with Crippen molar-refractivity contribution < 1.29 is 19.2 Å². The van der Waals surface area contributed by atoms with Gasteiger partial charge in [-0.1, -0.05) is 12.1 Å². The Hall–Kier alpha value is -2.28. The molecular formula is C21H31N4O3+. The second kappa shape index (κ2) is 8.39. The summed E-state index contributed by atoms with van der Waals surface area (Å²) in [5.74, 6) is 0.953. The van der Waals surface area contributed by atoms with Crippen molar-refractivity contribution in [1.29, 1.82) is 0 Å². The average molecular weight is 388 g/mol. The minimum Gasteiger partial charge on any atom is -0.495 e. The second-order valence-corrected chi connectivity index (χ2v) is 7.99. The van der Waals surface area contributed by atoms with E-state index in [4.69, 9.17) is 4.74 Å². The van der Waals surface area contributed by atoms with Crippen LogP contribution in [-0.2, 0) is 4.79 Å². The average Bonchev–Trinajstić information content (AvgIpc) is 2.99. The maximum Gasteiger partial charge on any atom is 0.327 e. The molecule has 7 heteroatoms. The van der Waals surface area contributed by atoms with Gasteiger partial charge in [0.25, 0.3) is 5.91 Å². The summed E-state index contributed by atoms with van der Waals surface area (Å²) in [7, 11) is 1.72. The molecule has 3 aliphatic rings. The Bertz CT molecular complexity index is 693. The maximum absolute atomic E-state index is 12.5. The van der Waals surface area contributed by atoms with E-state index in [9.17, 15) is 9.59 Å². The van der Waals surface area contributed by atoms with Crippen LogP contribution in [0.5, 0.6) is 5.75 Å². The number of carbonyl (C=O) groups is 2. The van der Waals surface area contributed by atoms with Crippen molar-refractivity contribution >= 4 is 17.6 Å². The Morgan fingerprint density at radius 2 is 1.89 bits per heavy atom. The molecule has 0 aromatic heterocycles. The van der Waals surface area contributed by atoms with Crippen LogP contribution in [0.4, 0.5) is 10.5 Å². The smallest absolute Gasteiger partial charge is 0.327 e. The number of methoxy groups -OCH3 is 1. The van der Waals surface area contributed by atoms with Gasteiger partial charge in [-0.15, -0.1) is 0 Å². The summed E-state index contributed by atoms with van der Waals surface area (Å²) in [5, 5.41) is 0. The molecule has 3 aliphatic heterocycles. The van der Waals surface area contributed by atoms with Gasteiger partial charge >= 0.3 is 6.03 Å². The van der Waals surface area contributed by atoms with Crippen molar-refractivity contribution in [2.45, 2.75) is 31.7 Å². The topological polar surface area (TPSA) is 57.5 Å². The molecule has 28 heavy (non-hydrogen) atoms. The first-order chi connectivity index (χ1) is 13.7. The van der Waals surface area contributed by atoms with Gasteiger partial charge < -0.3 is 19.4 Å². The standard InChI is InChI=1S/C21H30N4O3/c1-28-19-9-3-2-7-17(19)23-15-13-22(14-16-23)10-6-12-25-20(26)18-8-4-5-11-24(18)21(25)27/h2-3,7,9,18H,4-6,8,10-16H2,1H3/p+1/t18-/m0/s1. The van der Waals surface area contributed by atoms with Gasteiger partial charge in [-0.3, -0.25) is 9.69 Å². The van der Waals surface area contributed by atoms with Crippen LogP contribution in [0.15, 0.2) is 24.3 Å². The van der Waals surface area contributed by atoms with Crippen LogP contribution in [0, 0.1) is 0 Å². The number of hydrogen-bond acceptors (Lipinski definition) is 4. The lowest BCUT2D eigenvalue weighted by Crippen LogP contribution is -3.15. The van der Waals surface area contributed by atoms with E-state index in [1.165, 1.54) is 4.90 Å². The zero-order valence-corrected chi connectivity index (χ0v) is 16.7. The predicted molar refractivity (Wildman–Crippen MR) is 107 cm³/mol. The molecule has 152 valence electrons. The Balaban J connectivity index is 1.24. The number of rotatable bonds is 6. The number of piperidine rings is 1. The molecule has 1 atom stereocenters. The highest BCUT2D eigenvalue weighted by Gasteiger charge is 2.45. The minimum atomic E-state index is -0.182. The molecule has 0 spiro atoms. The number of fused-ring (bicyclic) bond motifs is 1. The molecule has 1 aromatic carbocycles. The van der Waals surface area contributed by atoms with Gasteiger partial charge in [-0.05, 0) is 31.4 Å². The monoisotopic (exact) mass is 387 g/mol. The summed E-state index contributed by atoms with van der Waals surface area (Å²) in [6.45, 7) is 6.41. The molecule has 7 nitrogen and oxygen atoms in total. The molecule has 3 fully saturated rings. The van der Waals surface area contributed by atoms with Crippen LogP contribution >= 0.6 is 0 Å². The van der Waals surface area contributed by atoms with E-state index < -0.39 is 0 Å². The number of quaternary nitrogens is 1. The number of nitrogens with one attached hydrogen (secondary N) is 1. The molecule has 1 aromatic rings. The third-order valence-electron chi connectivity index (χ3n) is 6.34. The first-order valence-electron chi connectivity index (χ1n) is 10.5. The van der Waals surface area contributed by atoms with Crippen LogP contribution in [0.3, 0.4) is 0 Å². The zero-order chi connectivity index (χ0) is 19.5. The van der Waals surface area contributed by atoms with E-state index >= 15 is 0 Å². The van der Waals surface area contributed by atoms with Gasteiger partial charge in [0.2, 0.25) is 0 Å². The number of benzene rings is 1. The SMILES string of the molecule is COc1ccccc1N1CC[NH+](CCCN2C(=O)[C@@H]3CCCCN3C2=O)CC1. The molecule has 4 rings (SSSR count). The first-order valence-corrected chi connectivity index (χ1v) is 10.5. The number of amides is 3. The van der Waals surface area contributed by atoms with Crippen LogP contribution in [0.2, 0.25) is 0 Å². The van der Waals surface area contributed by atoms with Gasteiger partial charge in [-0.2, -0.15) is 0 Å². The molecule has 0 radical (unpaired) electrons. The number of nitrogens with zero attached hydrogens (tertiary/aromatic N) is 3. The lowest BCUT2D eigenvalue weighted by Gasteiger charge is -2.34. The number of piperazine rings is 1. The fourth-order valence-electron chi connectivity index (χ4n) is 4.74. The van der Waals surface area contributed by atoms with E-state index in [-0.39, 0.29) is 18.0 Å². The molecule has 0 bridgehead atoms. The van der Waals surface area contributed by atoms with E-state index in [2.05, 4.69) is 17.0 Å². The minimum absolute atomic E-state index is 0.0284. The van der Waals surface area contributed by atoms with Crippen LogP contribution in [-0.4, -0.2) is 80.7 Å². The van der Waals surface area contributed by atoms with Crippen LogP contribution in [0.25, 0.3) is 0 Å². The Kier molecular flexibility index (Phi) is 5.71. The van der Waals surface area contributed by atoms with Crippen molar-refractivity contribution in [3.63, 3.8) is 0 Å². The highest BCUT2D eigenvalue weighted by Crippen LogP contribution is 2.28. The first kappa shape index (κ1) is 19.1. The van der Waals surface area contributed by atoms with Crippen LogP contribution in [0.1, 0.15) is 25.7 Å². The summed E-state index contributed by atoms with van der Waals surface area (Å²) in [5.41, 5.74) is 1.16. The number of anilines is 1. The van der Waals surface area contributed by atoms with Crippen molar-refractivity contribution in [2.75, 3.05) is 57.8 Å². The van der Waals surface area contributed by atoms with E-state index in [1.807, 2.05) is 12.1 Å². The normalized spacial score (nSPS) is 23.3. The molecule has 0 aliphatic carbocycles.